The molecule has 2 atom stereocenters. The van der Waals surface area contributed by atoms with E-state index in [4.69, 9.17) is 21.4 Å². The van der Waals surface area contributed by atoms with E-state index >= 15 is 0 Å². The van der Waals surface area contributed by atoms with Crippen molar-refractivity contribution in [1.82, 2.24) is 5.32 Å². The lowest BCUT2D eigenvalue weighted by Crippen LogP contribution is -2.40. The second-order valence-corrected chi connectivity index (χ2v) is 6.79. The molecule has 0 heterocycles. The van der Waals surface area contributed by atoms with Crippen molar-refractivity contribution in [3.05, 3.63) is 60.7 Å². The SMILES string of the molecule is C=CCNC(C(=O)[C@@H](N)CCCCN)c1cccc2ccccc12.O=C(O)C(F)(F)F. The van der Waals surface area contributed by atoms with Crippen LogP contribution < -0.4 is 16.8 Å². The summed E-state index contributed by atoms with van der Waals surface area (Å²) in [5, 5.41) is 12.6. The monoisotopic (exact) mass is 439 g/mol. The predicted molar refractivity (Wildman–Crippen MR) is 114 cm³/mol. The Kier molecular flexibility index (Phi) is 10.9. The highest BCUT2D eigenvalue weighted by Gasteiger charge is 2.38. The molecule has 0 aromatic heterocycles. The number of Topliss-reactive ketones (excluding diaryl/α,β-unsaturated/α-hetero) is 1. The Bertz CT molecular complexity index is 866. The molecule has 0 fully saturated rings. The van der Waals surface area contributed by atoms with Crippen molar-refractivity contribution in [1.29, 1.82) is 0 Å². The molecule has 0 saturated carbocycles. The number of carboxylic acids is 1. The van der Waals surface area contributed by atoms with Crippen molar-refractivity contribution < 1.29 is 27.9 Å². The normalized spacial score (nSPS) is 13.1. The van der Waals surface area contributed by atoms with Gasteiger partial charge >= 0.3 is 12.1 Å². The molecule has 1 unspecified atom stereocenters. The van der Waals surface area contributed by atoms with Crippen LogP contribution in [0.15, 0.2) is 55.1 Å². The molecule has 2 aromatic carbocycles. The first-order valence-electron chi connectivity index (χ1n) is 9.74. The zero-order valence-corrected chi connectivity index (χ0v) is 17.1. The maximum atomic E-state index is 12.9. The lowest BCUT2D eigenvalue weighted by atomic mass is 9.91. The Balaban J connectivity index is 0.000000592. The first-order valence-corrected chi connectivity index (χ1v) is 9.74. The first-order chi connectivity index (χ1) is 14.6. The number of fused-ring (bicyclic) bond motifs is 1. The summed E-state index contributed by atoms with van der Waals surface area (Å²) in [5.74, 6) is -2.74. The van der Waals surface area contributed by atoms with E-state index in [1.807, 2.05) is 30.3 Å². The number of halogens is 3. The van der Waals surface area contributed by atoms with E-state index < -0.39 is 24.2 Å². The van der Waals surface area contributed by atoms with Crippen LogP contribution >= 0.6 is 0 Å². The molecule has 6 nitrogen and oxygen atoms in total. The van der Waals surface area contributed by atoms with Gasteiger partial charge in [0, 0.05) is 6.54 Å². The summed E-state index contributed by atoms with van der Waals surface area (Å²) in [7, 11) is 0. The highest BCUT2D eigenvalue weighted by molar-refractivity contribution is 5.95. The summed E-state index contributed by atoms with van der Waals surface area (Å²) in [5.41, 5.74) is 12.6. The largest absolute Gasteiger partial charge is 0.490 e. The van der Waals surface area contributed by atoms with Gasteiger partial charge < -0.3 is 21.9 Å². The fraction of sp³-hybridized carbons (Fsp3) is 0.364. The number of benzene rings is 2. The molecule has 0 saturated heterocycles. The van der Waals surface area contributed by atoms with Gasteiger partial charge in [0.2, 0.25) is 0 Å². The number of rotatable bonds is 10. The third-order valence-electron chi connectivity index (χ3n) is 4.46. The molecular weight excluding hydrogens is 411 g/mol. The number of ketones is 1. The summed E-state index contributed by atoms with van der Waals surface area (Å²) in [4.78, 5) is 21.8. The molecule has 170 valence electrons. The average Bonchev–Trinajstić information content (AvgIpc) is 2.73. The van der Waals surface area contributed by atoms with Gasteiger partial charge in [-0.15, -0.1) is 6.58 Å². The molecule has 0 bridgehead atoms. The molecule has 31 heavy (non-hydrogen) atoms. The van der Waals surface area contributed by atoms with Gasteiger partial charge in [0.05, 0.1) is 12.1 Å². The van der Waals surface area contributed by atoms with Crippen LogP contribution in [0.2, 0.25) is 0 Å². The summed E-state index contributed by atoms with van der Waals surface area (Å²) >= 11 is 0. The molecule has 0 radical (unpaired) electrons. The smallest absolute Gasteiger partial charge is 0.475 e. The molecule has 6 N–H and O–H groups in total. The zero-order valence-electron chi connectivity index (χ0n) is 17.1. The number of hydrogen-bond donors (Lipinski definition) is 4. The molecule has 0 aliphatic carbocycles. The number of hydrogen-bond acceptors (Lipinski definition) is 5. The molecule has 0 aliphatic heterocycles. The van der Waals surface area contributed by atoms with E-state index in [1.165, 1.54) is 0 Å². The summed E-state index contributed by atoms with van der Waals surface area (Å²) < 4.78 is 31.7. The van der Waals surface area contributed by atoms with Crippen molar-refractivity contribution >= 4 is 22.5 Å². The summed E-state index contributed by atoms with van der Waals surface area (Å²) in [6.45, 7) is 4.91. The predicted octanol–water partition coefficient (Wildman–Crippen LogP) is 3.32. The Labute approximate surface area is 179 Å². The minimum absolute atomic E-state index is 0.0187. The van der Waals surface area contributed by atoms with Crippen molar-refractivity contribution in [3.8, 4) is 0 Å². The van der Waals surface area contributed by atoms with E-state index in [9.17, 15) is 18.0 Å². The fourth-order valence-corrected chi connectivity index (χ4v) is 2.93. The van der Waals surface area contributed by atoms with Gasteiger partial charge in [-0.2, -0.15) is 13.2 Å². The number of aliphatic carboxylic acids is 1. The number of alkyl halides is 3. The number of carboxylic acid groups (broad SMARTS) is 1. The second-order valence-electron chi connectivity index (χ2n) is 6.79. The van der Waals surface area contributed by atoms with Crippen LogP contribution in [-0.4, -0.2) is 42.2 Å². The number of carbonyl (C=O) groups is 2. The average molecular weight is 439 g/mol. The summed E-state index contributed by atoms with van der Waals surface area (Å²) in [6, 6.07) is 13.2. The van der Waals surface area contributed by atoms with E-state index in [1.54, 1.807) is 6.08 Å². The maximum Gasteiger partial charge on any atom is 0.490 e. The first kappa shape index (κ1) is 26.3. The highest BCUT2D eigenvalue weighted by Crippen LogP contribution is 2.26. The standard InChI is InChI=1S/C20H27N3O.C2HF3O2/c1-2-14-23-19(20(24)18(22)12-5-6-13-21)17-11-7-9-15-8-3-4-10-16(15)17;3-2(4,5)1(6)7/h2-4,7-11,18-19,23H,1,5-6,12-14,21-22H2;(H,6,7)/t18-,19?;/m0./s1. The Morgan fingerprint density at radius 1 is 1.13 bits per heavy atom. The Hall–Kier alpha value is -2.75. The molecule has 0 aliphatic rings. The molecule has 0 spiro atoms. The molecule has 9 heteroatoms. The molecule has 2 aromatic rings. The number of nitrogens with one attached hydrogen (secondary N) is 1. The number of unbranched alkanes of at least 4 members (excludes halogenated alkanes) is 1. The maximum absolute atomic E-state index is 12.9. The highest BCUT2D eigenvalue weighted by atomic mass is 19.4. The van der Waals surface area contributed by atoms with Gasteiger partial charge in [-0.25, -0.2) is 4.79 Å². The third kappa shape index (κ3) is 8.49. The topological polar surface area (TPSA) is 118 Å². The van der Waals surface area contributed by atoms with Crippen LogP contribution in [0.25, 0.3) is 10.8 Å². The Morgan fingerprint density at radius 3 is 2.32 bits per heavy atom. The van der Waals surface area contributed by atoms with E-state index in [-0.39, 0.29) is 5.78 Å². The van der Waals surface area contributed by atoms with Gasteiger partial charge in [-0.05, 0) is 35.7 Å². The number of carbonyl (C=O) groups excluding carboxylic acids is 1. The van der Waals surface area contributed by atoms with Gasteiger partial charge in [-0.1, -0.05) is 55.0 Å². The van der Waals surface area contributed by atoms with Crippen molar-refractivity contribution in [2.75, 3.05) is 13.1 Å². The van der Waals surface area contributed by atoms with Crippen LogP contribution in [0.5, 0.6) is 0 Å². The molecule has 2 rings (SSSR count). The van der Waals surface area contributed by atoms with Gasteiger partial charge in [0.1, 0.15) is 0 Å². The quantitative estimate of drug-likeness (QED) is 0.333. The Morgan fingerprint density at radius 2 is 1.74 bits per heavy atom. The zero-order chi connectivity index (χ0) is 23.4. The minimum atomic E-state index is -5.08. The van der Waals surface area contributed by atoms with Gasteiger partial charge in [0.15, 0.2) is 5.78 Å². The van der Waals surface area contributed by atoms with Crippen LogP contribution in [0.3, 0.4) is 0 Å². The minimum Gasteiger partial charge on any atom is -0.475 e. The lowest BCUT2D eigenvalue weighted by Gasteiger charge is -2.22. The van der Waals surface area contributed by atoms with Crippen LogP contribution in [0.1, 0.15) is 30.9 Å². The lowest BCUT2D eigenvalue weighted by molar-refractivity contribution is -0.192. The molecular formula is C22H28F3N3O3. The van der Waals surface area contributed by atoms with E-state index in [2.05, 4.69) is 24.0 Å². The number of nitrogens with two attached hydrogens (primary N) is 2. The van der Waals surface area contributed by atoms with Crippen molar-refractivity contribution in [2.45, 2.75) is 37.5 Å². The third-order valence-corrected chi connectivity index (χ3v) is 4.46. The van der Waals surface area contributed by atoms with Gasteiger partial charge in [-0.3, -0.25) is 4.79 Å². The van der Waals surface area contributed by atoms with E-state index in [0.29, 0.717) is 19.5 Å². The molecule has 0 amide bonds. The van der Waals surface area contributed by atoms with Crippen molar-refractivity contribution in [3.63, 3.8) is 0 Å². The van der Waals surface area contributed by atoms with E-state index in [0.717, 1.165) is 29.2 Å². The second kappa shape index (κ2) is 12.8. The van der Waals surface area contributed by atoms with Crippen LogP contribution in [0.4, 0.5) is 13.2 Å². The van der Waals surface area contributed by atoms with Crippen molar-refractivity contribution in [2.24, 2.45) is 11.5 Å². The van der Waals surface area contributed by atoms with Crippen LogP contribution in [0, 0.1) is 0 Å². The van der Waals surface area contributed by atoms with Gasteiger partial charge in [0.25, 0.3) is 0 Å². The summed E-state index contributed by atoms with van der Waals surface area (Å²) in [6.07, 6.45) is -0.911. The fourth-order valence-electron chi connectivity index (χ4n) is 2.93. The van der Waals surface area contributed by atoms with Crippen LogP contribution in [-0.2, 0) is 9.59 Å².